The van der Waals surface area contributed by atoms with Crippen LogP contribution in [0.3, 0.4) is 0 Å². The molecule has 0 spiro atoms. The molecule has 24 heavy (non-hydrogen) atoms. The fourth-order valence-corrected chi connectivity index (χ4v) is 4.37. The van der Waals surface area contributed by atoms with Gasteiger partial charge in [0.1, 0.15) is 0 Å². The van der Waals surface area contributed by atoms with Gasteiger partial charge in [0, 0.05) is 0 Å². The lowest BCUT2D eigenvalue weighted by molar-refractivity contribution is 1.64. The predicted octanol–water partition coefficient (Wildman–Crippen LogP) is 6.79. The van der Waals surface area contributed by atoms with Crippen LogP contribution in [0.1, 0.15) is 0 Å². The molecule has 5 aromatic rings. The minimum absolute atomic E-state index is 1.32. The molecule has 0 heteroatoms. The highest BCUT2D eigenvalue weighted by molar-refractivity contribution is 6.29. The molecular weight excluding hydrogens is 288 g/mol. The average molecular weight is 302 g/mol. The van der Waals surface area contributed by atoms with Crippen molar-refractivity contribution in [2.45, 2.75) is 0 Å². The van der Waals surface area contributed by atoms with Gasteiger partial charge in [0.05, 0.1) is 0 Å². The molecule has 0 bridgehead atoms. The maximum absolute atomic E-state index is 2.27. The Morgan fingerprint density at radius 2 is 0.708 bits per heavy atom. The summed E-state index contributed by atoms with van der Waals surface area (Å²) in [5.74, 6) is 0. The first-order valence-corrected chi connectivity index (χ1v) is 8.39. The second kappa shape index (κ2) is 4.24. The van der Waals surface area contributed by atoms with Gasteiger partial charge in [0.2, 0.25) is 0 Å². The Balaban J connectivity index is 2.09. The zero-order valence-electron chi connectivity index (χ0n) is 13.1. The van der Waals surface area contributed by atoms with Gasteiger partial charge in [-0.25, -0.2) is 0 Å². The minimum atomic E-state index is 1.32. The van der Waals surface area contributed by atoms with Crippen molar-refractivity contribution in [1.82, 2.24) is 0 Å². The van der Waals surface area contributed by atoms with E-state index in [0.29, 0.717) is 0 Å². The van der Waals surface area contributed by atoms with E-state index in [4.69, 9.17) is 0 Å². The molecule has 0 aromatic heterocycles. The average Bonchev–Trinajstić information content (AvgIpc) is 2.78. The van der Waals surface area contributed by atoms with Crippen LogP contribution in [0.2, 0.25) is 0 Å². The summed E-state index contributed by atoms with van der Waals surface area (Å²) in [5.41, 5.74) is 5.36. The summed E-state index contributed by atoms with van der Waals surface area (Å²) in [4.78, 5) is 0. The highest BCUT2D eigenvalue weighted by Gasteiger charge is 2.19. The number of rotatable bonds is 0. The van der Waals surface area contributed by atoms with Crippen molar-refractivity contribution < 1.29 is 0 Å². The molecule has 1 aliphatic rings. The predicted molar refractivity (Wildman–Crippen MR) is 103 cm³/mol. The Labute approximate surface area is 140 Å². The molecule has 0 atom stereocenters. The summed E-state index contributed by atoms with van der Waals surface area (Å²) in [6.45, 7) is 0. The van der Waals surface area contributed by atoms with Crippen molar-refractivity contribution >= 4 is 32.3 Å². The second-order valence-corrected chi connectivity index (χ2v) is 6.58. The van der Waals surface area contributed by atoms with Crippen LogP contribution in [0, 0.1) is 0 Å². The van der Waals surface area contributed by atoms with Gasteiger partial charge in [-0.15, -0.1) is 0 Å². The quantitative estimate of drug-likeness (QED) is 0.271. The summed E-state index contributed by atoms with van der Waals surface area (Å²) in [7, 11) is 0. The van der Waals surface area contributed by atoms with E-state index in [1.54, 1.807) is 0 Å². The third kappa shape index (κ3) is 1.39. The van der Waals surface area contributed by atoms with Gasteiger partial charge in [-0.1, -0.05) is 84.9 Å². The second-order valence-electron chi connectivity index (χ2n) is 6.58. The van der Waals surface area contributed by atoms with Crippen molar-refractivity contribution in [1.29, 1.82) is 0 Å². The Morgan fingerprint density at radius 3 is 1.21 bits per heavy atom. The van der Waals surface area contributed by atoms with Crippen molar-refractivity contribution in [2.24, 2.45) is 0 Å². The van der Waals surface area contributed by atoms with Crippen molar-refractivity contribution in [2.75, 3.05) is 0 Å². The standard InChI is InChI=1S/C24H14/c1-2-8-19-18(7-1)20-9-3-5-15-11-13-17-14-12-16-6-4-10-21(19)23(16)24(17)22(15)20/h1-14H. The van der Waals surface area contributed by atoms with E-state index in [1.807, 2.05) is 0 Å². The molecule has 0 aliphatic heterocycles. The van der Waals surface area contributed by atoms with E-state index in [9.17, 15) is 0 Å². The molecule has 6 rings (SSSR count). The van der Waals surface area contributed by atoms with Crippen LogP contribution in [0.15, 0.2) is 84.9 Å². The van der Waals surface area contributed by atoms with E-state index in [-0.39, 0.29) is 0 Å². The first-order valence-electron chi connectivity index (χ1n) is 8.39. The molecule has 0 unspecified atom stereocenters. The Morgan fingerprint density at radius 1 is 0.292 bits per heavy atom. The van der Waals surface area contributed by atoms with E-state index >= 15 is 0 Å². The molecule has 110 valence electrons. The monoisotopic (exact) mass is 302 g/mol. The minimum Gasteiger partial charge on any atom is -0.0616 e. The Hall–Kier alpha value is -3.12. The molecular formula is C24H14. The maximum atomic E-state index is 2.27. The molecule has 0 amide bonds. The van der Waals surface area contributed by atoms with Gasteiger partial charge >= 0.3 is 0 Å². The fourth-order valence-electron chi connectivity index (χ4n) is 4.37. The molecule has 5 aromatic carbocycles. The maximum Gasteiger partial charge on any atom is -0.00143 e. The number of benzene rings is 5. The zero-order chi connectivity index (χ0) is 15.7. The van der Waals surface area contributed by atoms with Gasteiger partial charge in [-0.2, -0.15) is 0 Å². The fraction of sp³-hybridized carbons (Fsp3) is 0. The third-order valence-corrected chi connectivity index (χ3v) is 5.37. The van der Waals surface area contributed by atoms with Crippen molar-refractivity contribution in [3.05, 3.63) is 84.9 Å². The molecule has 0 heterocycles. The third-order valence-electron chi connectivity index (χ3n) is 5.37. The number of hydrogen-bond donors (Lipinski definition) is 0. The molecule has 0 saturated carbocycles. The Kier molecular flexibility index (Phi) is 2.18. The molecule has 0 nitrogen and oxygen atoms in total. The van der Waals surface area contributed by atoms with Crippen LogP contribution >= 0.6 is 0 Å². The van der Waals surface area contributed by atoms with Crippen LogP contribution in [-0.2, 0) is 0 Å². The highest BCUT2D eigenvalue weighted by atomic mass is 14.2. The van der Waals surface area contributed by atoms with Crippen LogP contribution in [0.25, 0.3) is 54.6 Å². The van der Waals surface area contributed by atoms with E-state index in [2.05, 4.69) is 84.9 Å². The van der Waals surface area contributed by atoms with Crippen molar-refractivity contribution in [3.63, 3.8) is 0 Å². The summed E-state index contributed by atoms with van der Waals surface area (Å²) in [5, 5.41) is 8.13. The van der Waals surface area contributed by atoms with E-state index < -0.39 is 0 Å². The van der Waals surface area contributed by atoms with Crippen LogP contribution in [0.4, 0.5) is 0 Å². The lowest BCUT2D eigenvalue weighted by Crippen LogP contribution is -1.83. The molecule has 0 saturated heterocycles. The van der Waals surface area contributed by atoms with Crippen LogP contribution in [-0.4, -0.2) is 0 Å². The van der Waals surface area contributed by atoms with Gasteiger partial charge < -0.3 is 0 Å². The van der Waals surface area contributed by atoms with Gasteiger partial charge in [0.15, 0.2) is 0 Å². The molecule has 0 fully saturated rings. The van der Waals surface area contributed by atoms with E-state index in [1.165, 1.54) is 54.6 Å². The van der Waals surface area contributed by atoms with Crippen LogP contribution in [0.5, 0.6) is 0 Å². The largest absolute Gasteiger partial charge is 0.0616 e. The first-order chi connectivity index (χ1) is 11.9. The zero-order valence-corrected chi connectivity index (χ0v) is 13.1. The van der Waals surface area contributed by atoms with E-state index in [0.717, 1.165) is 0 Å². The molecule has 1 aliphatic carbocycles. The topological polar surface area (TPSA) is 0 Å². The lowest BCUT2D eigenvalue weighted by atomic mass is 9.93. The SMILES string of the molecule is c1ccc2c(c1)-c1cccc3ccc4ccc5cccc-2c5c4c13. The summed E-state index contributed by atoms with van der Waals surface area (Å²) in [6.07, 6.45) is 0. The molecule has 0 N–H and O–H groups in total. The van der Waals surface area contributed by atoms with Gasteiger partial charge in [-0.3, -0.25) is 0 Å². The normalized spacial score (nSPS) is 12.2. The highest BCUT2D eigenvalue weighted by Crippen LogP contribution is 2.47. The summed E-state index contributed by atoms with van der Waals surface area (Å²) in [6, 6.07) is 31.2. The van der Waals surface area contributed by atoms with Crippen molar-refractivity contribution in [3.8, 4) is 22.3 Å². The molecule has 0 radical (unpaired) electrons. The smallest absolute Gasteiger partial charge is 0.00143 e. The summed E-state index contributed by atoms with van der Waals surface area (Å²) >= 11 is 0. The number of fused-ring (bicyclic) bond motifs is 3. The van der Waals surface area contributed by atoms with Gasteiger partial charge in [-0.05, 0) is 54.6 Å². The number of hydrogen-bond acceptors (Lipinski definition) is 0. The van der Waals surface area contributed by atoms with Gasteiger partial charge in [0.25, 0.3) is 0 Å². The summed E-state index contributed by atoms with van der Waals surface area (Å²) < 4.78 is 0. The Bertz CT molecular complexity index is 1190. The lowest BCUT2D eigenvalue weighted by Gasteiger charge is -2.10. The van der Waals surface area contributed by atoms with Crippen LogP contribution < -0.4 is 0 Å². The first kappa shape index (κ1) is 12.3.